The lowest BCUT2D eigenvalue weighted by Crippen LogP contribution is -2.49. The van der Waals surface area contributed by atoms with E-state index >= 15 is 0 Å². The van der Waals surface area contributed by atoms with Gasteiger partial charge in [0.15, 0.2) is 11.6 Å². The Hall–Kier alpha value is -1.47. The average molecular weight is 314 g/mol. The highest BCUT2D eigenvalue weighted by atomic mass is 35.5. The maximum atomic E-state index is 13.8. The van der Waals surface area contributed by atoms with Crippen LogP contribution in [0.2, 0.25) is 5.28 Å². The number of fused-ring (bicyclic) bond motifs is 2. The Morgan fingerprint density at radius 3 is 2.95 bits per heavy atom. The molecule has 1 heterocycles. The number of amides is 1. The lowest BCUT2D eigenvalue weighted by molar-refractivity contribution is -0.123. The molecule has 5 atom stereocenters. The van der Waals surface area contributed by atoms with E-state index in [-0.39, 0.29) is 40.8 Å². The summed E-state index contributed by atoms with van der Waals surface area (Å²) in [7, 11) is 1.89. The van der Waals surface area contributed by atoms with Crippen molar-refractivity contribution >= 4 is 23.3 Å². The van der Waals surface area contributed by atoms with Crippen LogP contribution in [0.3, 0.4) is 0 Å². The van der Waals surface area contributed by atoms with E-state index in [1.165, 1.54) is 0 Å². The van der Waals surface area contributed by atoms with Crippen LogP contribution in [0.1, 0.15) is 12.8 Å². The Morgan fingerprint density at radius 2 is 2.29 bits per heavy atom. The zero-order valence-corrected chi connectivity index (χ0v) is 12.3. The van der Waals surface area contributed by atoms with Gasteiger partial charge in [-0.25, -0.2) is 9.37 Å². The van der Waals surface area contributed by atoms with Crippen molar-refractivity contribution < 1.29 is 9.18 Å². The van der Waals surface area contributed by atoms with E-state index in [9.17, 15) is 9.18 Å². The van der Waals surface area contributed by atoms with E-state index < -0.39 is 5.82 Å². The molecule has 2 aliphatic rings. The maximum absolute atomic E-state index is 13.8. The van der Waals surface area contributed by atoms with Crippen LogP contribution in [0.15, 0.2) is 6.20 Å². The quantitative estimate of drug-likeness (QED) is 0.714. The topological polar surface area (TPSA) is 92.9 Å². The summed E-state index contributed by atoms with van der Waals surface area (Å²) >= 11 is 5.70. The standard InChI is InChI=1S/C13H17ClFN5O/c1-17-8-3-5-2-6(8)10(9(5)11(16)21)19-12-7(15)4-18-13(14)20-12/h4-6,8-10,17H,2-3H2,1H3,(H2,16,21)(H,18,19,20)/t5-,6+,8?,9-,10+/m0/s1. The van der Waals surface area contributed by atoms with Crippen LogP contribution in [-0.4, -0.2) is 35.0 Å². The second kappa shape index (κ2) is 5.38. The molecule has 0 radical (unpaired) electrons. The van der Waals surface area contributed by atoms with Crippen LogP contribution in [0.5, 0.6) is 0 Å². The van der Waals surface area contributed by atoms with Crippen molar-refractivity contribution in [3.8, 4) is 0 Å². The van der Waals surface area contributed by atoms with Crippen molar-refractivity contribution in [2.75, 3.05) is 12.4 Å². The van der Waals surface area contributed by atoms with Gasteiger partial charge in [0.25, 0.3) is 0 Å². The number of nitrogens with two attached hydrogens (primary N) is 1. The number of anilines is 1. The zero-order valence-electron chi connectivity index (χ0n) is 11.5. The second-order valence-corrected chi connectivity index (χ2v) is 6.06. The van der Waals surface area contributed by atoms with Gasteiger partial charge < -0.3 is 16.4 Å². The monoisotopic (exact) mass is 313 g/mol. The average Bonchev–Trinajstić information content (AvgIpc) is 3.00. The van der Waals surface area contributed by atoms with Gasteiger partial charge in [-0.15, -0.1) is 0 Å². The molecular weight excluding hydrogens is 297 g/mol. The van der Waals surface area contributed by atoms with Crippen molar-refractivity contribution in [2.45, 2.75) is 24.9 Å². The second-order valence-electron chi connectivity index (χ2n) is 5.72. The third-order valence-electron chi connectivity index (χ3n) is 4.72. The molecule has 8 heteroatoms. The predicted octanol–water partition coefficient (Wildman–Crippen LogP) is 0.779. The largest absolute Gasteiger partial charge is 0.369 e. The highest BCUT2D eigenvalue weighted by molar-refractivity contribution is 6.28. The van der Waals surface area contributed by atoms with Crippen LogP contribution < -0.4 is 16.4 Å². The Kier molecular flexibility index (Phi) is 3.71. The predicted molar refractivity (Wildman–Crippen MR) is 76.2 cm³/mol. The molecule has 2 aliphatic carbocycles. The molecule has 0 saturated heterocycles. The molecule has 1 aromatic rings. The van der Waals surface area contributed by atoms with Gasteiger partial charge in [0.2, 0.25) is 11.2 Å². The molecule has 3 rings (SSSR count). The highest BCUT2D eigenvalue weighted by Crippen LogP contribution is 2.49. The maximum Gasteiger partial charge on any atom is 0.224 e. The van der Waals surface area contributed by atoms with Crippen molar-refractivity contribution in [3.05, 3.63) is 17.3 Å². The van der Waals surface area contributed by atoms with Crippen LogP contribution in [0, 0.1) is 23.6 Å². The molecule has 2 saturated carbocycles. The Bertz CT molecular complexity index is 571. The van der Waals surface area contributed by atoms with E-state index in [0.717, 1.165) is 19.0 Å². The van der Waals surface area contributed by atoms with Gasteiger partial charge in [0.05, 0.1) is 12.1 Å². The number of primary amides is 1. The number of hydrogen-bond acceptors (Lipinski definition) is 5. The summed E-state index contributed by atoms with van der Waals surface area (Å²) in [5, 5.41) is 6.24. The van der Waals surface area contributed by atoms with E-state index in [1.807, 2.05) is 7.05 Å². The number of rotatable bonds is 4. The zero-order chi connectivity index (χ0) is 15.1. The van der Waals surface area contributed by atoms with Gasteiger partial charge in [-0.05, 0) is 43.3 Å². The lowest BCUT2D eigenvalue weighted by Gasteiger charge is -2.35. The van der Waals surface area contributed by atoms with Gasteiger partial charge >= 0.3 is 0 Å². The molecule has 2 fully saturated rings. The molecule has 1 amide bonds. The van der Waals surface area contributed by atoms with E-state index in [1.54, 1.807) is 0 Å². The SMILES string of the molecule is CNC1C[C@@H]2C[C@H]1[C@@H](Nc1nc(Cl)ncc1F)[C@H]2C(N)=O. The number of nitrogens with one attached hydrogen (secondary N) is 2. The molecule has 0 aliphatic heterocycles. The molecule has 114 valence electrons. The summed E-state index contributed by atoms with van der Waals surface area (Å²) in [4.78, 5) is 19.2. The number of nitrogens with zero attached hydrogens (tertiary/aromatic N) is 2. The molecule has 0 aromatic carbocycles. The van der Waals surface area contributed by atoms with Crippen molar-refractivity contribution in [1.29, 1.82) is 0 Å². The van der Waals surface area contributed by atoms with E-state index in [4.69, 9.17) is 17.3 Å². The van der Waals surface area contributed by atoms with Gasteiger partial charge in [-0.1, -0.05) is 0 Å². The van der Waals surface area contributed by atoms with Crippen molar-refractivity contribution in [2.24, 2.45) is 23.5 Å². The van der Waals surface area contributed by atoms with Crippen LogP contribution >= 0.6 is 11.6 Å². The first-order valence-electron chi connectivity index (χ1n) is 6.92. The first-order chi connectivity index (χ1) is 10.0. The molecule has 21 heavy (non-hydrogen) atoms. The minimum Gasteiger partial charge on any atom is -0.369 e. The highest BCUT2D eigenvalue weighted by Gasteiger charge is 2.54. The van der Waals surface area contributed by atoms with E-state index in [2.05, 4.69) is 20.6 Å². The van der Waals surface area contributed by atoms with Crippen molar-refractivity contribution in [3.63, 3.8) is 0 Å². The molecule has 1 unspecified atom stereocenters. The summed E-state index contributed by atoms with van der Waals surface area (Å²) in [6.45, 7) is 0. The summed E-state index contributed by atoms with van der Waals surface area (Å²) in [5.41, 5.74) is 5.53. The summed E-state index contributed by atoms with van der Waals surface area (Å²) in [6, 6.07) is 0.0580. The number of hydrogen-bond donors (Lipinski definition) is 3. The minimum absolute atomic E-state index is 0.0219. The van der Waals surface area contributed by atoms with Gasteiger partial charge in [-0.3, -0.25) is 4.79 Å². The summed E-state index contributed by atoms with van der Waals surface area (Å²) in [5.74, 6) is -0.795. The van der Waals surface area contributed by atoms with Crippen LogP contribution in [0.25, 0.3) is 0 Å². The number of carbonyl (C=O) groups excluding carboxylic acids is 1. The summed E-state index contributed by atoms with van der Waals surface area (Å²) in [6.07, 6.45) is 2.83. The first-order valence-corrected chi connectivity index (χ1v) is 7.30. The van der Waals surface area contributed by atoms with Gasteiger partial charge in [0, 0.05) is 12.1 Å². The van der Waals surface area contributed by atoms with Gasteiger partial charge in [0.1, 0.15) is 0 Å². The number of carbonyl (C=O) groups is 1. The third-order valence-corrected chi connectivity index (χ3v) is 4.90. The normalized spacial score (nSPS) is 34.1. The Balaban J connectivity index is 1.88. The van der Waals surface area contributed by atoms with E-state index in [0.29, 0.717) is 6.04 Å². The fourth-order valence-corrected chi connectivity index (χ4v) is 4.04. The molecule has 2 bridgehead atoms. The number of aromatic nitrogens is 2. The Labute approximate surface area is 126 Å². The summed E-state index contributed by atoms with van der Waals surface area (Å²) < 4.78 is 13.8. The smallest absolute Gasteiger partial charge is 0.224 e. The molecule has 0 spiro atoms. The molecule has 4 N–H and O–H groups in total. The fraction of sp³-hybridized carbons (Fsp3) is 0.615. The van der Waals surface area contributed by atoms with Crippen LogP contribution in [0.4, 0.5) is 10.2 Å². The molecule has 1 aromatic heterocycles. The first kappa shape index (κ1) is 14.5. The van der Waals surface area contributed by atoms with Crippen molar-refractivity contribution in [1.82, 2.24) is 15.3 Å². The van der Waals surface area contributed by atoms with Gasteiger partial charge in [-0.2, -0.15) is 4.98 Å². The third kappa shape index (κ3) is 2.44. The minimum atomic E-state index is -0.591. The lowest BCUT2D eigenvalue weighted by atomic mass is 9.81. The molecular formula is C13H17ClFN5O. The Morgan fingerprint density at radius 1 is 1.52 bits per heavy atom. The number of halogens is 2. The fourth-order valence-electron chi connectivity index (χ4n) is 3.90. The van der Waals surface area contributed by atoms with Crippen LogP contribution in [-0.2, 0) is 4.79 Å². The molecule has 6 nitrogen and oxygen atoms in total.